The summed E-state index contributed by atoms with van der Waals surface area (Å²) >= 11 is 0. The molecule has 0 aliphatic carbocycles. The predicted molar refractivity (Wildman–Crippen MR) is 86.2 cm³/mol. The number of benzene rings is 1. The summed E-state index contributed by atoms with van der Waals surface area (Å²) in [4.78, 5) is 21.4. The van der Waals surface area contributed by atoms with E-state index in [0.717, 1.165) is 12.3 Å². The van der Waals surface area contributed by atoms with E-state index in [0.29, 0.717) is 31.5 Å². The Kier molecular flexibility index (Phi) is 4.87. The summed E-state index contributed by atoms with van der Waals surface area (Å²) < 4.78 is 38.2. The van der Waals surface area contributed by atoms with Crippen molar-refractivity contribution in [3.63, 3.8) is 0 Å². The van der Waals surface area contributed by atoms with Crippen molar-refractivity contribution in [2.24, 2.45) is 0 Å². The van der Waals surface area contributed by atoms with Crippen LogP contribution in [0.25, 0.3) is 0 Å². The number of amides is 1. The second-order valence-electron chi connectivity index (χ2n) is 5.84. The molecule has 1 aromatic heterocycles. The van der Waals surface area contributed by atoms with Crippen LogP contribution < -0.4 is 10.2 Å². The minimum Gasteiger partial charge on any atom is -0.349 e. The van der Waals surface area contributed by atoms with Crippen molar-refractivity contribution in [2.45, 2.75) is 25.1 Å². The van der Waals surface area contributed by atoms with Gasteiger partial charge in [-0.25, -0.2) is 9.97 Å². The normalized spacial score (nSPS) is 15.9. The summed E-state index contributed by atoms with van der Waals surface area (Å²) in [6, 6.07) is 9.74. The highest BCUT2D eigenvalue weighted by atomic mass is 19.4. The largest absolute Gasteiger partial charge is 0.433 e. The zero-order valence-corrected chi connectivity index (χ0v) is 13.3. The van der Waals surface area contributed by atoms with Crippen LogP contribution in [0.3, 0.4) is 0 Å². The van der Waals surface area contributed by atoms with Crippen molar-refractivity contribution in [2.75, 3.05) is 18.0 Å². The third kappa shape index (κ3) is 4.26. The summed E-state index contributed by atoms with van der Waals surface area (Å²) in [5, 5.41) is 2.96. The number of anilines is 1. The topological polar surface area (TPSA) is 58.1 Å². The van der Waals surface area contributed by atoms with Crippen molar-refractivity contribution >= 4 is 11.9 Å². The first-order chi connectivity index (χ1) is 11.9. The molecule has 0 unspecified atom stereocenters. The molecule has 1 amide bonds. The number of hydrogen-bond acceptors (Lipinski definition) is 4. The maximum atomic E-state index is 12.7. The van der Waals surface area contributed by atoms with Crippen LogP contribution in [0.4, 0.5) is 19.1 Å². The van der Waals surface area contributed by atoms with Crippen LogP contribution in [0.15, 0.2) is 42.6 Å². The van der Waals surface area contributed by atoms with Gasteiger partial charge >= 0.3 is 6.18 Å². The first-order valence-corrected chi connectivity index (χ1v) is 7.94. The summed E-state index contributed by atoms with van der Waals surface area (Å²) in [5.41, 5.74) is -0.358. The molecule has 0 radical (unpaired) electrons. The molecular formula is C17H17F3N4O. The van der Waals surface area contributed by atoms with Gasteiger partial charge in [-0.1, -0.05) is 18.2 Å². The monoisotopic (exact) mass is 350 g/mol. The molecule has 25 heavy (non-hydrogen) atoms. The van der Waals surface area contributed by atoms with Gasteiger partial charge in [-0.15, -0.1) is 0 Å². The van der Waals surface area contributed by atoms with E-state index in [1.807, 2.05) is 6.07 Å². The average molecular weight is 350 g/mol. The number of nitrogens with zero attached hydrogens (tertiary/aromatic N) is 3. The van der Waals surface area contributed by atoms with Gasteiger partial charge in [-0.2, -0.15) is 13.2 Å². The molecule has 1 aliphatic rings. The second-order valence-corrected chi connectivity index (χ2v) is 5.84. The van der Waals surface area contributed by atoms with E-state index in [-0.39, 0.29) is 17.9 Å². The molecule has 132 valence electrons. The SMILES string of the molecule is O=C(NC1CCN(c2nccc(C(F)(F)F)n2)CC1)c1ccccc1. The number of piperidine rings is 1. The molecule has 0 bridgehead atoms. The molecule has 5 nitrogen and oxygen atoms in total. The van der Waals surface area contributed by atoms with Gasteiger partial charge in [0.2, 0.25) is 5.95 Å². The van der Waals surface area contributed by atoms with Gasteiger partial charge in [0.1, 0.15) is 5.69 Å². The lowest BCUT2D eigenvalue weighted by atomic mass is 10.0. The molecule has 1 saturated heterocycles. The Bertz CT molecular complexity index is 728. The molecule has 2 aromatic rings. The van der Waals surface area contributed by atoms with E-state index < -0.39 is 11.9 Å². The molecule has 3 rings (SSSR count). The number of alkyl halides is 3. The van der Waals surface area contributed by atoms with Crippen LogP contribution in [0.5, 0.6) is 0 Å². The quantitative estimate of drug-likeness (QED) is 0.925. The van der Waals surface area contributed by atoms with Gasteiger partial charge in [0.05, 0.1) is 0 Å². The zero-order valence-electron chi connectivity index (χ0n) is 13.3. The smallest absolute Gasteiger partial charge is 0.349 e. The minimum absolute atomic E-state index is 0.0187. The number of aromatic nitrogens is 2. The standard InChI is InChI=1S/C17H17F3N4O/c18-17(19,20)14-6-9-21-16(23-14)24-10-7-13(8-11-24)22-15(25)12-4-2-1-3-5-12/h1-6,9,13H,7-8,10-11H2,(H,22,25). The van der Waals surface area contributed by atoms with Crippen molar-refractivity contribution in [1.82, 2.24) is 15.3 Å². The van der Waals surface area contributed by atoms with E-state index in [9.17, 15) is 18.0 Å². The van der Waals surface area contributed by atoms with Crippen LogP contribution in [0.1, 0.15) is 28.9 Å². The Hall–Kier alpha value is -2.64. The molecule has 1 N–H and O–H groups in total. The molecule has 1 aliphatic heterocycles. The van der Waals surface area contributed by atoms with E-state index in [2.05, 4.69) is 15.3 Å². The van der Waals surface area contributed by atoms with E-state index in [4.69, 9.17) is 0 Å². The van der Waals surface area contributed by atoms with Crippen molar-refractivity contribution in [1.29, 1.82) is 0 Å². The lowest BCUT2D eigenvalue weighted by molar-refractivity contribution is -0.141. The molecule has 1 fully saturated rings. The average Bonchev–Trinajstić information content (AvgIpc) is 2.62. The Morgan fingerprint density at radius 1 is 1.12 bits per heavy atom. The fourth-order valence-electron chi connectivity index (χ4n) is 2.74. The number of carbonyl (C=O) groups is 1. The molecule has 0 spiro atoms. The van der Waals surface area contributed by atoms with Crippen molar-refractivity contribution in [3.05, 3.63) is 53.9 Å². The van der Waals surface area contributed by atoms with Crippen LogP contribution in [0.2, 0.25) is 0 Å². The van der Waals surface area contributed by atoms with Crippen LogP contribution in [-0.2, 0) is 6.18 Å². The highest BCUT2D eigenvalue weighted by molar-refractivity contribution is 5.94. The van der Waals surface area contributed by atoms with Gasteiger partial charge in [0.25, 0.3) is 5.91 Å². The number of rotatable bonds is 3. The first-order valence-electron chi connectivity index (χ1n) is 7.94. The zero-order chi connectivity index (χ0) is 17.9. The third-order valence-corrected chi connectivity index (χ3v) is 4.08. The lowest BCUT2D eigenvalue weighted by Gasteiger charge is -2.32. The minimum atomic E-state index is -4.49. The number of hydrogen-bond donors (Lipinski definition) is 1. The van der Waals surface area contributed by atoms with Gasteiger partial charge in [-0.3, -0.25) is 4.79 Å². The third-order valence-electron chi connectivity index (χ3n) is 4.08. The predicted octanol–water partition coefficient (Wildman–Crippen LogP) is 2.89. The fraction of sp³-hybridized carbons (Fsp3) is 0.353. The summed E-state index contributed by atoms with van der Waals surface area (Å²) in [6.07, 6.45) is -2.12. The number of carbonyl (C=O) groups excluding carboxylic acids is 1. The van der Waals surface area contributed by atoms with E-state index in [1.54, 1.807) is 29.2 Å². The van der Waals surface area contributed by atoms with Crippen LogP contribution in [-0.4, -0.2) is 35.0 Å². The van der Waals surface area contributed by atoms with Crippen LogP contribution >= 0.6 is 0 Å². The van der Waals surface area contributed by atoms with Crippen molar-refractivity contribution in [3.8, 4) is 0 Å². The molecule has 0 saturated carbocycles. The van der Waals surface area contributed by atoms with Gasteiger partial charge in [0.15, 0.2) is 0 Å². The molecule has 8 heteroatoms. The van der Waals surface area contributed by atoms with E-state index >= 15 is 0 Å². The summed E-state index contributed by atoms with van der Waals surface area (Å²) in [7, 11) is 0. The van der Waals surface area contributed by atoms with Gasteiger partial charge in [0, 0.05) is 30.9 Å². The summed E-state index contributed by atoms with van der Waals surface area (Å²) in [6.45, 7) is 0.974. The Morgan fingerprint density at radius 3 is 2.44 bits per heavy atom. The van der Waals surface area contributed by atoms with Crippen molar-refractivity contribution < 1.29 is 18.0 Å². The first kappa shape index (κ1) is 17.2. The molecule has 1 aromatic carbocycles. The Labute approximate surface area is 142 Å². The van der Waals surface area contributed by atoms with Gasteiger partial charge < -0.3 is 10.2 Å². The highest BCUT2D eigenvalue weighted by Gasteiger charge is 2.33. The fourth-order valence-corrected chi connectivity index (χ4v) is 2.74. The highest BCUT2D eigenvalue weighted by Crippen LogP contribution is 2.28. The van der Waals surface area contributed by atoms with Crippen LogP contribution in [0, 0.1) is 0 Å². The summed E-state index contributed by atoms with van der Waals surface area (Å²) in [5.74, 6) is -0.0722. The van der Waals surface area contributed by atoms with E-state index in [1.165, 1.54) is 0 Å². The molecule has 0 atom stereocenters. The molecular weight excluding hydrogens is 333 g/mol. The second kappa shape index (κ2) is 7.08. The maximum Gasteiger partial charge on any atom is 0.433 e. The number of nitrogens with one attached hydrogen (secondary N) is 1. The Morgan fingerprint density at radius 2 is 1.80 bits per heavy atom. The lowest BCUT2D eigenvalue weighted by Crippen LogP contribution is -2.45. The maximum absolute atomic E-state index is 12.7. The van der Waals surface area contributed by atoms with Gasteiger partial charge in [-0.05, 0) is 31.0 Å². The Balaban J connectivity index is 1.58. The number of halogens is 3. The molecule has 2 heterocycles.